The topological polar surface area (TPSA) is 101 Å². The molecule has 0 saturated carbocycles. The Morgan fingerprint density at radius 3 is 2.72 bits per heavy atom. The van der Waals surface area contributed by atoms with E-state index in [1.807, 2.05) is 12.1 Å². The first kappa shape index (κ1) is 26.5. The van der Waals surface area contributed by atoms with E-state index in [4.69, 9.17) is 25.8 Å². The van der Waals surface area contributed by atoms with Crippen LogP contribution in [0.3, 0.4) is 0 Å². The quantitative estimate of drug-likeness (QED) is 0.246. The van der Waals surface area contributed by atoms with Crippen LogP contribution >= 0.6 is 11.6 Å². The van der Waals surface area contributed by atoms with E-state index in [2.05, 4.69) is 26.7 Å². The maximum absolute atomic E-state index is 13.3. The van der Waals surface area contributed by atoms with Crippen molar-refractivity contribution in [2.75, 3.05) is 32.1 Å². The molecule has 39 heavy (non-hydrogen) atoms. The van der Waals surface area contributed by atoms with Gasteiger partial charge in [-0.25, -0.2) is 4.98 Å². The van der Waals surface area contributed by atoms with Gasteiger partial charge in [0, 0.05) is 23.7 Å². The molecule has 10 heteroatoms. The fraction of sp³-hybridized carbons (Fsp3) is 0.276. The van der Waals surface area contributed by atoms with E-state index in [1.165, 1.54) is 12.3 Å². The van der Waals surface area contributed by atoms with Crippen molar-refractivity contribution in [3.63, 3.8) is 0 Å². The number of nitrogens with one attached hydrogen (secondary N) is 2. The Balaban J connectivity index is 1.38. The molecule has 1 aliphatic rings. The summed E-state index contributed by atoms with van der Waals surface area (Å²) in [6.45, 7) is 2.69. The van der Waals surface area contributed by atoms with Crippen LogP contribution in [0.1, 0.15) is 24.1 Å². The number of pyridine rings is 2. The highest BCUT2D eigenvalue weighted by atomic mass is 35.5. The van der Waals surface area contributed by atoms with Crippen LogP contribution in [0.15, 0.2) is 54.7 Å². The van der Waals surface area contributed by atoms with Crippen molar-refractivity contribution >= 4 is 33.9 Å². The number of fused-ring (bicyclic) bond motifs is 1. The number of anilines is 2. The van der Waals surface area contributed by atoms with E-state index in [1.54, 1.807) is 37.4 Å². The zero-order valence-corrected chi connectivity index (χ0v) is 22.1. The van der Waals surface area contributed by atoms with Gasteiger partial charge in [0.2, 0.25) is 5.95 Å². The summed E-state index contributed by atoms with van der Waals surface area (Å²) in [4.78, 5) is 8.28. The fourth-order valence-electron chi connectivity index (χ4n) is 4.46. The summed E-state index contributed by atoms with van der Waals surface area (Å²) in [5, 5.41) is 17.5. The van der Waals surface area contributed by atoms with Gasteiger partial charge in [-0.3, -0.25) is 4.98 Å². The van der Waals surface area contributed by atoms with E-state index >= 15 is 0 Å². The Kier molecular flexibility index (Phi) is 8.25. The second-order valence-corrected chi connectivity index (χ2v) is 9.60. The fourth-order valence-corrected chi connectivity index (χ4v) is 4.68. The van der Waals surface area contributed by atoms with Gasteiger partial charge in [-0.15, -0.1) is 0 Å². The number of hydrogen-bond donors (Lipinski definition) is 2. The summed E-state index contributed by atoms with van der Waals surface area (Å²) in [6.07, 6.45) is 3.66. The Bertz CT molecular complexity index is 1520. The standard InChI is InChI=1S/C29H27ClFN5O3/c1-37-26-12-22-25(13-27(26)39-16-18-7-9-33-10-8-18)34-15-19(14-32)29(22)36-24-6-5-21(11-23(24)30)38-17-20-3-2-4-28(31)35-20/h2-6,11-13,15,18,33H,7-10,16-17H2,1H3,(H,34,36). The number of nitrogens with zero attached hydrogens (tertiary/aromatic N) is 3. The summed E-state index contributed by atoms with van der Waals surface area (Å²) >= 11 is 6.57. The summed E-state index contributed by atoms with van der Waals surface area (Å²) in [5.74, 6) is 1.57. The van der Waals surface area contributed by atoms with E-state index < -0.39 is 5.95 Å². The average molecular weight is 548 g/mol. The molecule has 0 unspecified atom stereocenters. The number of benzene rings is 2. The number of piperidine rings is 1. The monoisotopic (exact) mass is 547 g/mol. The van der Waals surface area contributed by atoms with Crippen LogP contribution in [-0.2, 0) is 6.61 Å². The number of methoxy groups -OCH3 is 1. The lowest BCUT2D eigenvalue weighted by atomic mass is 9.99. The minimum absolute atomic E-state index is 0.0935. The number of halogens is 2. The molecular formula is C29H27ClFN5O3. The van der Waals surface area contributed by atoms with Crippen molar-refractivity contribution in [1.82, 2.24) is 15.3 Å². The van der Waals surface area contributed by atoms with Crippen LogP contribution in [0.5, 0.6) is 17.2 Å². The molecule has 2 N–H and O–H groups in total. The molecule has 2 aromatic carbocycles. The van der Waals surface area contributed by atoms with Crippen LogP contribution in [0.2, 0.25) is 5.02 Å². The molecular weight excluding hydrogens is 521 g/mol. The molecule has 4 aromatic rings. The van der Waals surface area contributed by atoms with Gasteiger partial charge in [0.25, 0.3) is 0 Å². The predicted molar refractivity (Wildman–Crippen MR) is 147 cm³/mol. The normalized spacial score (nSPS) is 13.6. The largest absolute Gasteiger partial charge is 0.493 e. The summed E-state index contributed by atoms with van der Waals surface area (Å²) in [7, 11) is 1.59. The zero-order valence-electron chi connectivity index (χ0n) is 21.3. The number of aromatic nitrogens is 2. The second-order valence-electron chi connectivity index (χ2n) is 9.19. The molecule has 1 fully saturated rings. The van der Waals surface area contributed by atoms with Crippen LogP contribution < -0.4 is 24.8 Å². The van der Waals surface area contributed by atoms with E-state index in [-0.39, 0.29) is 6.61 Å². The smallest absolute Gasteiger partial charge is 0.213 e. The first-order chi connectivity index (χ1) is 19.0. The maximum Gasteiger partial charge on any atom is 0.213 e. The molecule has 5 rings (SSSR count). The molecule has 0 aliphatic carbocycles. The molecule has 2 aromatic heterocycles. The van der Waals surface area contributed by atoms with Crippen LogP contribution in [0.25, 0.3) is 10.9 Å². The van der Waals surface area contributed by atoms with Crippen molar-refractivity contribution in [2.24, 2.45) is 5.92 Å². The molecule has 8 nitrogen and oxygen atoms in total. The highest BCUT2D eigenvalue weighted by molar-refractivity contribution is 6.33. The second kappa shape index (κ2) is 12.2. The number of nitriles is 1. The van der Waals surface area contributed by atoms with Gasteiger partial charge in [0.1, 0.15) is 18.4 Å². The zero-order chi connectivity index (χ0) is 27.2. The van der Waals surface area contributed by atoms with Gasteiger partial charge in [-0.05, 0) is 62.2 Å². The maximum atomic E-state index is 13.3. The lowest BCUT2D eigenvalue weighted by molar-refractivity contribution is 0.208. The Labute approximate surface area is 230 Å². The summed E-state index contributed by atoms with van der Waals surface area (Å²) < 4.78 is 30.8. The van der Waals surface area contributed by atoms with E-state index in [9.17, 15) is 9.65 Å². The van der Waals surface area contributed by atoms with Crippen molar-refractivity contribution in [2.45, 2.75) is 19.4 Å². The van der Waals surface area contributed by atoms with Crippen molar-refractivity contribution in [3.8, 4) is 23.3 Å². The van der Waals surface area contributed by atoms with Gasteiger partial charge in [0.15, 0.2) is 11.5 Å². The van der Waals surface area contributed by atoms with Gasteiger partial charge < -0.3 is 24.8 Å². The molecule has 0 radical (unpaired) electrons. The summed E-state index contributed by atoms with van der Waals surface area (Å²) in [6, 6.07) is 15.5. The lowest BCUT2D eigenvalue weighted by Crippen LogP contribution is -2.30. The summed E-state index contributed by atoms with van der Waals surface area (Å²) in [5.41, 5.74) is 2.58. The highest BCUT2D eigenvalue weighted by Gasteiger charge is 2.18. The molecule has 3 heterocycles. The Morgan fingerprint density at radius 1 is 1.13 bits per heavy atom. The SMILES string of the molecule is COc1cc2c(Nc3ccc(OCc4cccc(F)n4)cc3Cl)c(C#N)cnc2cc1OCC1CCNCC1. The Hall–Kier alpha value is -4.13. The van der Waals surface area contributed by atoms with Gasteiger partial charge in [0.05, 0.1) is 46.9 Å². The predicted octanol–water partition coefficient (Wildman–Crippen LogP) is 6.00. The van der Waals surface area contributed by atoms with Gasteiger partial charge in [-0.2, -0.15) is 9.65 Å². The third-order valence-corrected chi connectivity index (χ3v) is 6.88. The number of hydrogen-bond acceptors (Lipinski definition) is 8. The molecule has 0 bridgehead atoms. The lowest BCUT2D eigenvalue weighted by Gasteiger charge is -2.23. The average Bonchev–Trinajstić information content (AvgIpc) is 2.96. The van der Waals surface area contributed by atoms with Crippen molar-refractivity contribution in [1.29, 1.82) is 5.26 Å². The first-order valence-electron chi connectivity index (χ1n) is 12.6. The van der Waals surface area contributed by atoms with Crippen molar-refractivity contribution in [3.05, 3.63) is 77.0 Å². The molecule has 0 atom stereocenters. The number of rotatable bonds is 9. The van der Waals surface area contributed by atoms with Gasteiger partial charge >= 0.3 is 0 Å². The third-order valence-electron chi connectivity index (χ3n) is 6.57. The van der Waals surface area contributed by atoms with Crippen molar-refractivity contribution < 1.29 is 18.6 Å². The highest BCUT2D eigenvalue weighted by Crippen LogP contribution is 2.39. The van der Waals surface area contributed by atoms with Crippen LogP contribution in [0.4, 0.5) is 15.8 Å². The van der Waals surface area contributed by atoms with Crippen LogP contribution in [-0.4, -0.2) is 36.8 Å². The van der Waals surface area contributed by atoms with Crippen LogP contribution in [0, 0.1) is 23.2 Å². The third kappa shape index (κ3) is 6.30. The molecule has 0 spiro atoms. The van der Waals surface area contributed by atoms with E-state index in [0.29, 0.717) is 68.3 Å². The Morgan fingerprint density at radius 2 is 1.97 bits per heavy atom. The minimum Gasteiger partial charge on any atom is -0.493 e. The molecule has 1 aliphatic heterocycles. The molecule has 200 valence electrons. The molecule has 0 amide bonds. The van der Waals surface area contributed by atoms with E-state index in [0.717, 1.165) is 25.9 Å². The minimum atomic E-state index is -0.566. The number of ether oxygens (including phenoxy) is 3. The first-order valence-corrected chi connectivity index (χ1v) is 13.0. The van der Waals surface area contributed by atoms with Gasteiger partial charge in [-0.1, -0.05) is 17.7 Å². The molecule has 1 saturated heterocycles.